The first-order chi connectivity index (χ1) is 9.55. The van der Waals surface area contributed by atoms with Crippen LogP contribution < -0.4 is 15.2 Å². The van der Waals surface area contributed by atoms with Crippen molar-refractivity contribution < 1.29 is 13.2 Å². The van der Waals surface area contributed by atoms with Crippen molar-refractivity contribution in [1.82, 2.24) is 4.98 Å². The molecule has 0 unspecified atom stereocenters. The minimum absolute atomic E-state index is 0.0455. The zero-order valence-electron chi connectivity index (χ0n) is 10.7. The summed E-state index contributed by atoms with van der Waals surface area (Å²) in [4.78, 5) is 3.81. The SMILES string of the molecule is Nc1cccc(OCCS(=O)(=O)Nc2ccncc2)c1. The molecule has 1 aromatic carbocycles. The third-order valence-corrected chi connectivity index (χ3v) is 3.68. The molecule has 2 aromatic rings. The lowest BCUT2D eigenvalue weighted by molar-refractivity contribution is 0.341. The molecule has 1 heterocycles. The summed E-state index contributed by atoms with van der Waals surface area (Å²) in [6.07, 6.45) is 3.03. The van der Waals surface area contributed by atoms with E-state index in [9.17, 15) is 8.42 Å². The van der Waals surface area contributed by atoms with Gasteiger partial charge in [-0.1, -0.05) is 6.07 Å². The monoisotopic (exact) mass is 293 g/mol. The van der Waals surface area contributed by atoms with Crippen LogP contribution in [0.1, 0.15) is 0 Å². The minimum Gasteiger partial charge on any atom is -0.492 e. The van der Waals surface area contributed by atoms with E-state index < -0.39 is 10.0 Å². The highest BCUT2D eigenvalue weighted by Gasteiger charge is 2.10. The van der Waals surface area contributed by atoms with Crippen LogP contribution in [0.2, 0.25) is 0 Å². The number of pyridine rings is 1. The molecule has 0 aliphatic carbocycles. The van der Waals surface area contributed by atoms with E-state index in [2.05, 4.69) is 9.71 Å². The van der Waals surface area contributed by atoms with Crippen LogP contribution in [0.5, 0.6) is 5.75 Å². The van der Waals surface area contributed by atoms with Gasteiger partial charge in [-0.25, -0.2) is 8.42 Å². The number of anilines is 2. The average Bonchev–Trinajstić information content (AvgIpc) is 2.39. The zero-order valence-corrected chi connectivity index (χ0v) is 11.5. The van der Waals surface area contributed by atoms with E-state index in [1.165, 1.54) is 12.4 Å². The minimum atomic E-state index is -3.45. The standard InChI is InChI=1S/C13H15N3O3S/c14-11-2-1-3-13(10-11)19-8-9-20(17,18)16-12-4-6-15-7-5-12/h1-7,10H,8-9,14H2,(H,15,16). The molecule has 0 fully saturated rings. The second kappa shape index (κ2) is 6.25. The van der Waals surface area contributed by atoms with Crippen LogP contribution >= 0.6 is 0 Å². The van der Waals surface area contributed by atoms with E-state index in [1.807, 2.05) is 0 Å². The first kappa shape index (κ1) is 14.1. The van der Waals surface area contributed by atoms with Crippen molar-refractivity contribution in [3.05, 3.63) is 48.8 Å². The number of ether oxygens (including phenoxy) is 1. The summed E-state index contributed by atoms with van der Waals surface area (Å²) in [5.41, 5.74) is 6.65. The van der Waals surface area contributed by atoms with Gasteiger partial charge in [0, 0.05) is 24.1 Å². The van der Waals surface area contributed by atoms with Gasteiger partial charge >= 0.3 is 0 Å². The van der Waals surface area contributed by atoms with Crippen LogP contribution in [0.25, 0.3) is 0 Å². The Morgan fingerprint density at radius 2 is 1.95 bits per heavy atom. The first-order valence-corrected chi connectivity index (χ1v) is 7.59. The lowest BCUT2D eigenvalue weighted by Crippen LogP contribution is -2.21. The molecule has 0 bridgehead atoms. The third kappa shape index (κ3) is 4.43. The molecule has 20 heavy (non-hydrogen) atoms. The third-order valence-electron chi connectivity index (χ3n) is 2.43. The predicted molar refractivity (Wildman–Crippen MR) is 78.0 cm³/mol. The van der Waals surface area contributed by atoms with Crippen molar-refractivity contribution in [3.63, 3.8) is 0 Å². The summed E-state index contributed by atoms with van der Waals surface area (Å²) < 4.78 is 31.4. The van der Waals surface area contributed by atoms with Gasteiger partial charge < -0.3 is 10.5 Å². The Hall–Kier alpha value is -2.28. The Balaban J connectivity index is 1.87. The molecule has 106 valence electrons. The number of nitrogens with zero attached hydrogens (tertiary/aromatic N) is 1. The van der Waals surface area contributed by atoms with Crippen LogP contribution in [0, 0.1) is 0 Å². The highest BCUT2D eigenvalue weighted by atomic mass is 32.2. The Kier molecular flexibility index (Phi) is 4.41. The number of rotatable bonds is 6. The van der Waals surface area contributed by atoms with E-state index in [0.29, 0.717) is 17.1 Å². The second-order valence-corrected chi connectivity index (χ2v) is 5.92. The topological polar surface area (TPSA) is 94.3 Å². The molecule has 2 rings (SSSR count). The zero-order chi connectivity index (χ0) is 14.4. The number of hydrogen-bond acceptors (Lipinski definition) is 5. The van der Waals surface area contributed by atoms with Crippen LogP contribution in [0.3, 0.4) is 0 Å². The van der Waals surface area contributed by atoms with Gasteiger partial charge in [0.25, 0.3) is 0 Å². The summed E-state index contributed by atoms with van der Waals surface area (Å²) in [5.74, 6) is 0.397. The molecular weight excluding hydrogens is 278 g/mol. The van der Waals surface area contributed by atoms with Gasteiger partial charge in [0.05, 0.1) is 5.69 Å². The van der Waals surface area contributed by atoms with Gasteiger partial charge in [0.1, 0.15) is 18.1 Å². The molecule has 0 atom stereocenters. The number of benzene rings is 1. The molecular formula is C13H15N3O3S. The maximum Gasteiger partial charge on any atom is 0.236 e. The van der Waals surface area contributed by atoms with E-state index in [1.54, 1.807) is 36.4 Å². The highest BCUT2D eigenvalue weighted by molar-refractivity contribution is 7.92. The van der Waals surface area contributed by atoms with Crippen molar-refractivity contribution in [2.45, 2.75) is 0 Å². The Morgan fingerprint density at radius 3 is 2.65 bits per heavy atom. The van der Waals surface area contributed by atoms with Gasteiger partial charge in [0.2, 0.25) is 10.0 Å². The van der Waals surface area contributed by atoms with Crippen LogP contribution in [-0.4, -0.2) is 25.8 Å². The number of sulfonamides is 1. The first-order valence-electron chi connectivity index (χ1n) is 5.94. The molecule has 1 aromatic heterocycles. The van der Waals surface area contributed by atoms with Crippen molar-refractivity contribution >= 4 is 21.4 Å². The molecule has 3 N–H and O–H groups in total. The van der Waals surface area contributed by atoms with E-state index in [0.717, 1.165) is 0 Å². The van der Waals surface area contributed by atoms with Gasteiger partial charge in [-0.3, -0.25) is 9.71 Å². The Bertz CT molecular complexity index is 660. The Labute approximate surface area is 117 Å². The number of nitrogens with two attached hydrogens (primary N) is 1. The fraction of sp³-hybridized carbons (Fsp3) is 0.154. The fourth-order valence-corrected chi connectivity index (χ4v) is 2.42. The Morgan fingerprint density at radius 1 is 1.20 bits per heavy atom. The van der Waals surface area contributed by atoms with E-state index >= 15 is 0 Å². The molecule has 6 nitrogen and oxygen atoms in total. The smallest absolute Gasteiger partial charge is 0.236 e. The van der Waals surface area contributed by atoms with E-state index in [4.69, 9.17) is 10.5 Å². The molecule has 7 heteroatoms. The van der Waals surface area contributed by atoms with Crippen LogP contribution in [0.4, 0.5) is 11.4 Å². The molecule has 0 radical (unpaired) electrons. The van der Waals surface area contributed by atoms with Gasteiger partial charge in [-0.05, 0) is 24.3 Å². The second-order valence-electron chi connectivity index (χ2n) is 4.08. The number of aromatic nitrogens is 1. The van der Waals surface area contributed by atoms with Gasteiger partial charge in [0.15, 0.2) is 0 Å². The molecule has 0 saturated carbocycles. The summed E-state index contributed by atoms with van der Waals surface area (Å²) in [7, 11) is -3.45. The summed E-state index contributed by atoms with van der Waals surface area (Å²) in [6, 6.07) is 10.00. The fourth-order valence-electron chi connectivity index (χ4n) is 1.52. The number of nitrogens with one attached hydrogen (secondary N) is 1. The van der Waals surface area contributed by atoms with Gasteiger partial charge in [-0.15, -0.1) is 0 Å². The van der Waals surface area contributed by atoms with Crippen molar-refractivity contribution in [1.29, 1.82) is 0 Å². The lowest BCUT2D eigenvalue weighted by atomic mass is 10.3. The summed E-state index contributed by atoms with van der Waals surface area (Å²) in [6.45, 7) is 0.0455. The normalized spacial score (nSPS) is 11.0. The molecule has 0 amide bonds. The number of nitrogen functional groups attached to an aromatic ring is 1. The highest BCUT2D eigenvalue weighted by Crippen LogP contribution is 2.14. The quantitative estimate of drug-likeness (QED) is 0.787. The molecule has 0 aliphatic rings. The van der Waals surface area contributed by atoms with Crippen molar-refractivity contribution in [3.8, 4) is 5.75 Å². The maximum absolute atomic E-state index is 11.8. The van der Waals surface area contributed by atoms with E-state index in [-0.39, 0.29) is 12.4 Å². The van der Waals surface area contributed by atoms with Crippen molar-refractivity contribution in [2.24, 2.45) is 0 Å². The van der Waals surface area contributed by atoms with Gasteiger partial charge in [-0.2, -0.15) is 0 Å². The van der Waals surface area contributed by atoms with Crippen LogP contribution in [-0.2, 0) is 10.0 Å². The molecule has 0 spiro atoms. The summed E-state index contributed by atoms with van der Waals surface area (Å²) in [5, 5.41) is 0. The molecule has 0 aliphatic heterocycles. The maximum atomic E-state index is 11.8. The predicted octanol–water partition coefficient (Wildman–Crippen LogP) is 1.48. The lowest BCUT2D eigenvalue weighted by Gasteiger charge is -2.09. The van der Waals surface area contributed by atoms with Crippen molar-refractivity contribution in [2.75, 3.05) is 22.8 Å². The molecule has 0 saturated heterocycles. The summed E-state index contributed by atoms with van der Waals surface area (Å²) >= 11 is 0. The number of hydrogen-bond donors (Lipinski definition) is 2. The average molecular weight is 293 g/mol. The van der Waals surface area contributed by atoms with Crippen LogP contribution in [0.15, 0.2) is 48.8 Å². The largest absolute Gasteiger partial charge is 0.492 e.